The molecule has 0 amide bonds. The molecule has 0 saturated carbocycles. The van der Waals surface area contributed by atoms with Gasteiger partial charge in [0.1, 0.15) is 0 Å². The van der Waals surface area contributed by atoms with Crippen molar-refractivity contribution in [2.45, 2.75) is 37.8 Å². The zero-order chi connectivity index (χ0) is 15.9. The van der Waals surface area contributed by atoms with Crippen LogP contribution in [0.3, 0.4) is 0 Å². The number of benzene rings is 2. The van der Waals surface area contributed by atoms with E-state index in [1.165, 1.54) is 59.0 Å². The van der Waals surface area contributed by atoms with Crippen LogP contribution < -0.4 is 5.46 Å². The third-order valence-electron chi connectivity index (χ3n) is 5.95. The molecule has 1 N–H and O–H groups in total. The molecule has 2 nitrogen and oxygen atoms in total. The number of H-pyrrole nitrogens is 1. The van der Waals surface area contributed by atoms with Crippen molar-refractivity contribution in [2.75, 3.05) is 0 Å². The van der Waals surface area contributed by atoms with Gasteiger partial charge >= 0.3 is 0 Å². The SMILES string of the molecule is c1ccc(B2CCC(c3[nH]nc4c3Cc3ccccc3-4)CC2)cc1. The highest BCUT2D eigenvalue weighted by Gasteiger charge is 2.31. The highest BCUT2D eigenvalue weighted by molar-refractivity contribution is 6.73. The number of aromatic amines is 1. The van der Waals surface area contributed by atoms with Crippen LogP contribution in [0.25, 0.3) is 11.3 Å². The Kier molecular flexibility index (Phi) is 3.32. The minimum atomic E-state index is 0.649. The molecule has 2 aliphatic rings. The van der Waals surface area contributed by atoms with Gasteiger partial charge in [0.05, 0.1) is 5.69 Å². The van der Waals surface area contributed by atoms with Gasteiger partial charge in [-0.3, -0.25) is 5.10 Å². The van der Waals surface area contributed by atoms with Gasteiger partial charge in [0, 0.05) is 23.2 Å². The molecule has 0 unspecified atom stereocenters. The van der Waals surface area contributed by atoms with E-state index >= 15 is 0 Å². The third kappa shape index (κ3) is 2.22. The summed E-state index contributed by atoms with van der Waals surface area (Å²) in [4.78, 5) is 0. The van der Waals surface area contributed by atoms with Gasteiger partial charge in [-0.25, -0.2) is 0 Å². The fourth-order valence-electron chi connectivity index (χ4n) is 4.65. The zero-order valence-corrected chi connectivity index (χ0v) is 13.8. The Balaban J connectivity index is 1.36. The van der Waals surface area contributed by atoms with E-state index in [0.717, 1.165) is 13.1 Å². The predicted octanol–water partition coefficient (Wildman–Crippen LogP) is 4.26. The second-order valence-electron chi connectivity index (χ2n) is 7.26. The first-order valence-electron chi connectivity index (χ1n) is 9.10. The molecule has 24 heavy (non-hydrogen) atoms. The van der Waals surface area contributed by atoms with E-state index < -0.39 is 0 Å². The quantitative estimate of drug-likeness (QED) is 0.550. The van der Waals surface area contributed by atoms with Gasteiger partial charge in [-0.2, -0.15) is 5.10 Å². The number of fused-ring (bicyclic) bond motifs is 3. The smallest absolute Gasteiger partial charge is 0.175 e. The van der Waals surface area contributed by atoms with Crippen molar-refractivity contribution < 1.29 is 0 Å². The number of nitrogens with one attached hydrogen (secondary N) is 1. The molecule has 1 aliphatic heterocycles. The molecule has 2 aromatic carbocycles. The maximum Gasteiger partial charge on any atom is 0.175 e. The fraction of sp³-hybridized carbons (Fsp3) is 0.286. The van der Waals surface area contributed by atoms with Crippen molar-refractivity contribution in [3.05, 3.63) is 71.4 Å². The van der Waals surface area contributed by atoms with Gasteiger partial charge in [-0.05, 0) is 11.5 Å². The van der Waals surface area contributed by atoms with E-state index in [2.05, 4.69) is 64.8 Å². The molecule has 1 aliphatic carbocycles. The maximum atomic E-state index is 4.67. The van der Waals surface area contributed by atoms with E-state index in [9.17, 15) is 0 Å². The molecule has 0 spiro atoms. The van der Waals surface area contributed by atoms with E-state index in [1.807, 2.05) is 0 Å². The van der Waals surface area contributed by atoms with Crippen LogP contribution in [-0.4, -0.2) is 16.9 Å². The summed E-state index contributed by atoms with van der Waals surface area (Å²) >= 11 is 0. The summed E-state index contributed by atoms with van der Waals surface area (Å²) < 4.78 is 0. The Hall–Kier alpha value is -2.29. The van der Waals surface area contributed by atoms with Gasteiger partial charge in [0.25, 0.3) is 0 Å². The molecule has 1 aromatic heterocycles. The van der Waals surface area contributed by atoms with Crippen LogP contribution in [0.15, 0.2) is 54.6 Å². The molecule has 0 radical (unpaired) electrons. The molecule has 2 heterocycles. The highest BCUT2D eigenvalue weighted by atomic mass is 15.1. The summed E-state index contributed by atoms with van der Waals surface area (Å²) in [5, 5.41) is 8.06. The minimum absolute atomic E-state index is 0.649. The first-order chi connectivity index (χ1) is 11.9. The standard InChI is InChI=1S/C21H21BN2/c1-2-7-17(8-3-1)22-12-10-15(11-13-22)20-19-14-16-6-4-5-9-18(16)21(19)24-23-20/h1-9,15H,10-14H2,(H,23,24). The predicted molar refractivity (Wildman–Crippen MR) is 100 cm³/mol. The van der Waals surface area contributed by atoms with Crippen molar-refractivity contribution in [3.63, 3.8) is 0 Å². The first kappa shape index (κ1) is 14.1. The largest absolute Gasteiger partial charge is 0.281 e. The first-order valence-corrected chi connectivity index (χ1v) is 9.10. The summed E-state index contributed by atoms with van der Waals surface area (Å²) in [6.45, 7) is 0.732. The Morgan fingerprint density at radius 3 is 2.50 bits per heavy atom. The van der Waals surface area contributed by atoms with E-state index in [1.54, 1.807) is 0 Å². The van der Waals surface area contributed by atoms with Crippen LogP contribution in [0.2, 0.25) is 12.6 Å². The Bertz CT molecular complexity index is 861. The second-order valence-corrected chi connectivity index (χ2v) is 7.26. The van der Waals surface area contributed by atoms with Crippen LogP contribution in [0.5, 0.6) is 0 Å². The minimum Gasteiger partial charge on any atom is -0.281 e. The molecule has 5 rings (SSSR count). The summed E-state index contributed by atoms with van der Waals surface area (Å²) in [6, 6.07) is 19.7. The van der Waals surface area contributed by atoms with Crippen molar-refractivity contribution >= 4 is 12.2 Å². The molecule has 1 fully saturated rings. The van der Waals surface area contributed by atoms with Gasteiger partial charge in [-0.1, -0.05) is 85.5 Å². The lowest BCUT2D eigenvalue weighted by atomic mass is 9.37. The summed E-state index contributed by atoms with van der Waals surface area (Å²) in [5.74, 6) is 0.649. The number of rotatable bonds is 2. The lowest BCUT2D eigenvalue weighted by Crippen LogP contribution is -2.33. The molecule has 0 atom stereocenters. The van der Waals surface area contributed by atoms with Crippen LogP contribution in [0.1, 0.15) is 35.6 Å². The molecular weight excluding hydrogens is 291 g/mol. The lowest BCUT2D eigenvalue weighted by Gasteiger charge is -2.26. The van der Waals surface area contributed by atoms with E-state index in [0.29, 0.717) is 5.92 Å². The second kappa shape index (κ2) is 5.66. The van der Waals surface area contributed by atoms with Gasteiger partial charge in [0.15, 0.2) is 6.71 Å². The van der Waals surface area contributed by atoms with Gasteiger partial charge < -0.3 is 0 Å². The Labute approximate surface area is 143 Å². The number of aromatic nitrogens is 2. The zero-order valence-electron chi connectivity index (χ0n) is 13.8. The molecule has 0 bridgehead atoms. The maximum absolute atomic E-state index is 4.67. The molecule has 1 saturated heterocycles. The molecule has 3 aromatic rings. The van der Waals surface area contributed by atoms with E-state index in [-0.39, 0.29) is 0 Å². The number of hydrogen-bond donors (Lipinski definition) is 1. The normalized spacial score (nSPS) is 16.9. The van der Waals surface area contributed by atoms with Gasteiger partial charge in [-0.15, -0.1) is 0 Å². The summed E-state index contributed by atoms with van der Waals surface area (Å²) in [6.07, 6.45) is 6.16. The monoisotopic (exact) mass is 312 g/mol. The highest BCUT2D eigenvalue weighted by Crippen LogP contribution is 2.42. The van der Waals surface area contributed by atoms with Crippen molar-refractivity contribution in [2.24, 2.45) is 0 Å². The Morgan fingerprint density at radius 1 is 0.917 bits per heavy atom. The lowest BCUT2D eigenvalue weighted by molar-refractivity contribution is 0.589. The molecule has 118 valence electrons. The summed E-state index contributed by atoms with van der Waals surface area (Å²) in [7, 11) is 0. The summed E-state index contributed by atoms with van der Waals surface area (Å²) in [5.41, 5.74) is 8.34. The van der Waals surface area contributed by atoms with Crippen LogP contribution >= 0.6 is 0 Å². The van der Waals surface area contributed by atoms with Crippen LogP contribution in [0.4, 0.5) is 0 Å². The number of nitrogens with zero attached hydrogens (tertiary/aromatic N) is 1. The molecular formula is C21H21BN2. The molecule has 3 heteroatoms. The van der Waals surface area contributed by atoms with Crippen molar-refractivity contribution in [3.8, 4) is 11.3 Å². The average Bonchev–Trinajstić information content (AvgIpc) is 3.22. The average molecular weight is 312 g/mol. The third-order valence-corrected chi connectivity index (χ3v) is 5.95. The number of hydrogen-bond acceptors (Lipinski definition) is 1. The van der Waals surface area contributed by atoms with Crippen LogP contribution in [0, 0.1) is 0 Å². The van der Waals surface area contributed by atoms with Gasteiger partial charge in [0.2, 0.25) is 0 Å². The van der Waals surface area contributed by atoms with Crippen LogP contribution in [-0.2, 0) is 6.42 Å². The topological polar surface area (TPSA) is 28.7 Å². The van der Waals surface area contributed by atoms with Crippen molar-refractivity contribution in [1.82, 2.24) is 10.2 Å². The van der Waals surface area contributed by atoms with Crippen molar-refractivity contribution in [1.29, 1.82) is 0 Å². The van der Waals surface area contributed by atoms with E-state index in [4.69, 9.17) is 0 Å². The fourth-order valence-corrected chi connectivity index (χ4v) is 4.65. The Morgan fingerprint density at radius 2 is 1.67 bits per heavy atom.